The molecule has 4 nitrogen and oxygen atoms in total. The molecule has 0 aromatic heterocycles. The summed E-state index contributed by atoms with van der Waals surface area (Å²) in [5, 5.41) is 3.97. The molecule has 2 amide bonds. The number of hydrogen-bond acceptors (Lipinski definition) is 2. The lowest BCUT2D eigenvalue weighted by Crippen LogP contribution is -2.56. The zero-order valence-corrected chi connectivity index (χ0v) is 17.1. The largest absolute Gasteiger partial charge is 0.353 e. The minimum atomic E-state index is -0.0809. The van der Waals surface area contributed by atoms with E-state index in [0.717, 1.165) is 49.9 Å². The van der Waals surface area contributed by atoms with E-state index in [9.17, 15) is 9.59 Å². The molecule has 4 bridgehead atoms. The maximum atomic E-state index is 13.2. The van der Waals surface area contributed by atoms with E-state index in [0.29, 0.717) is 29.6 Å². The molecule has 0 atom stereocenters. The van der Waals surface area contributed by atoms with Gasteiger partial charge in [0.25, 0.3) is 5.91 Å². The van der Waals surface area contributed by atoms with Crippen LogP contribution < -0.4 is 5.32 Å². The summed E-state index contributed by atoms with van der Waals surface area (Å²) < 4.78 is 0. The monoisotopic (exact) mass is 400 g/mol. The van der Waals surface area contributed by atoms with Crippen LogP contribution in [0.1, 0.15) is 61.7 Å². The highest BCUT2D eigenvalue weighted by Crippen LogP contribution is 2.60. The van der Waals surface area contributed by atoms with Gasteiger partial charge in [0.2, 0.25) is 5.91 Å². The Labute approximate surface area is 172 Å². The number of likely N-dealkylation sites (tertiary alicyclic amines) is 1. The van der Waals surface area contributed by atoms with Crippen molar-refractivity contribution in [1.29, 1.82) is 0 Å². The number of carbonyl (C=O) groups excluding carboxylic acids is 2. The fraction of sp³-hybridized carbons (Fsp3) is 0.652. The Morgan fingerprint density at radius 1 is 1.00 bits per heavy atom. The van der Waals surface area contributed by atoms with Crippen LogP contribution in [0, 0.1) is 23.2 Å². The smallest absolute Gasteiger partial charge is 0.253 e. The molecule has 5 fully saturated rings. The quantitative estimate of drug-likeness (QED) is 0.823. The summed E-state index contributed by atoms with van der Waals surface area (Å²) in [7, 11) is 0. The van der Waals surface area contributed by atoms with E-state index >= 15 is 0 Å². The highest BCUT2D eigenvalue weighted by molar-refractivity contribution is 6.30. The van der Waals surface area contributed by atoms with Crippen LogP contribution in [0.2, 0.25) is 5.02 Å². The first-order valence-electron chi connectivity index (χ1n) is 10.9. The normalized spacial score (nSPS) is 34.5. The van der Waals surface area contributed by atoms with Crippen LogP contribution in [-0.2, 0) is 4.79 Å². The van der Waals surface area contributed by atoms with Gasteiger partial charge in [0, 0.05) is 35.1 Å². The number of carbonyl (C=O) groups is 2. The number of rotatable bonds is 3. The van der Waals surface area contributed by atoms with Crippen molar-refractivity contribution in [3.05, 3.63) is 34.9 Å². The van der Waals surface area contributed by atoms with E-state index in [1.165, 1.54) is 19.3 Å². The number of nitrogens with zero attached hydrogens (tertiary/aromatic N) is 1. The average Bonchev–Trinajstić information content (AvgIpc) is 2.67. The van der Waals surface area contributed by atoms with Crippen molar-refractivity contribution in [3.63, 3.8) is 0 Å². The Balaban J connectivity index is 1.18. The summed E-state index contributed by atoms with van der Waals surface area (Å²) in [6.07, 6.45) is 9.07. The fourth-order valence-electron chi connectivity index (χ4n) is 6.76. The van der Waals surface area contributed by atoms with Gasteiger partial charge in [0.15, 0.2) is 0 Å². The Bertz CT molecular complexity index is 749. The lowest BCUT2D eigenvalue weighted by molar-refractivity contribution is -0.147. The number of halogens is 1. The van der Waals surface area contributed by atoms with Crippen LogP contribution in [0.25, 0.3) is 0 Å². The predicted molar refractivity (Wildman–Crippen MR) is 109 cm³/mol. The average molecular weight is 401 g/mol. The SMILES string of the molecule is O=C(c1cccc(Cl)c1)N1CCC(NC(=O)C23CC4CC(CC(C4)C2)C3)CC1. The molecule has 1 aromatic rings. The van der Waals surface area contributed by atoms with Gasteiger partial charge in [-0.05, 0) is 87.3 Å². The first-order valence-corrected chi connectivity index (χ1v) is 11.2. The molecular weight excluding hydrogens is 372 g/mol. The summed E-state index contributed by atoms with van der Waals surface area (Å²) in [6.45, 7) is 1.38. The Morgan fingerprint density at radius 3 is 2.18 bits per heavy atom. The molecule has 1 N–H and O–H groups in total. The maximum absolute atomic E-state index is 13.2. The van der Waals surface area contributed by atoms with Gasteiger partial charge >= 0.3 is 0 Å². The van der Waals surface area contributed by atoms with E-state index in [1.807, 2.05) is 17.0 Å². The van der Waals surface area contributed by atoms with Crippen molar-refractivity contribution in [2.45, 2.75) is 57.4 Å². The summed E-state index contributed by atoms with van der Waals surface area (Å²) in [5.41, 5.74) is 0.561. The maximum Gasteiger partial charge on any atom is 0.253 e. The first kappa shape index (κ1) is 18.5. The molecule has 5 aliphatic rings. The van der Waals surface area contributed by atoms with Gasteiger partial charge < -0.3 is 10.2 Å². The van der Waals surface area contributed by atoms with Crippen molar-refractivity contribution in [1.82, 2.24) is 10.2 Å². The highest BCUT2D eigenvalue weighted by Gasteiger charge is 2.54. The molecule has 4 saturated carbocycles. The molecule has 5 heteroatoms. The van der Waals surface area contributed by atoms with Crippen molar-refractivity contribution in [2.24, 2.45) is 23.2 Å². The van der Waals surface area contributed by atoms with E-state index in [1.54, 1.807) is 12.1 Å². The van der Waals surface area contributed by atoms with E-state index in [4.69, 9.17) is 11.6 Å². The third-order valence-corrected chi connectivity index (χ3v) is 7.94. The van der Waals surface area contributed by atoms with Gasteiger partial charge in [0.1, 0.15) is 0 Å². The lowest BCUT2D eigenvalue weighted by Gasteiger charge is -2.56. The second-order valence-electron chi connectivity index (χ2n) is 9.75. The predicted octanol–water partition coefficient (Wildman–Crippen LogP) is 4.28. The minimum Gasteiger partial charge on any atom is -0.353 e. The molecule has 1 heterocycles. The van der Waals surface area contributed by atoms with Crippen molar-refractivity contribution >= 4 is 23.4 Å². The zero-order valence-electron chi connectivity index (χ0n) is 16.3. The third-order valence-electron chi connectivity index (χ3n) is 7.71. The minimum absolute atomic E-state index is 0.0355. The third kappa shape index (κ3) is 3.34. The molecule has 4 aliphatic carbocycles. The fourth-order valence-corrected chi connectivity index (χ4v) is 6.95. The molecule has 0 spiro atoms. The van der Waals surface area contributed by atoms with Gasteiger partial charge in [0.05, 0.1) is 0 Å². The van der Waals surface area contributed by atoms with Crippen LogP contribution >= 0.6 is 11.6 Å². The lowest BCUT2D eigenvalue weighted by atomic mass is 9.49. The molecule has 0 radical (unpaired) electrons. The Hall–Kier alpha value is -1.55. The number of benzene rings is 1. The van der Waals surface area contributed by atoms with Gasteiger partial charge in [-0.1, -0.05) is 17.7 Å². The number of amides is 2. The van der Waals surface area contributed by atoms with Crippen LogP contribution in [0.4, 0.5) is 0 Å². The molecule has 150 valence electrons. The van der Waals surface area contributed by atoms with Gasteiger partial charge in [-0.2, -0.15) is 0 Å². The second kappa shape index (κ2) is 7.05. The summed E-state index contributed by atoms with van der Waals surface area (Å²) in [6, 6.07) is 7.34. The summed E-state index contributed by atoms with van der Waals surface area (Å²) in [4.78, 5) is 27.8. The standard InChI is InChI=1S/C23H29ClN2O2/c24-19-3-1-2-18(11-19)21(27)26-6-4-20(5-7-26)25-22(28)23-12-15-8-16(13-23)10-17(9-15)14-23/h1-3,11,15-17,20H,4-10,12-14H2,(H,25,28). The van der Waals surface area contributed by atoms with Gasteiger partial charge in [-0.25, -0.2) is 0 Å². The molecule has 1 saturated heterocycles. The number of piperidine rings is 1. The van der Waals surface area contributed by atoms with E-state index in [2.05, 4.69) is 5.32 Å². The molecule has 0 unspecified atom stereocenters. The van der Waals surface area contributed by atoms with Crippen LogP contribution in [0.15, 0.2) is 24.3 Å². The molecule has 1 aliphatic heterocycles. The molecule has 28 heavy (non-hydrogen) atoms. The Morgan fingerprint density at radius 2 is 1.61 bits per heavy atom. The summed E-state index contributed by atoms with van der Waals surface area (Å²) >= 11 is 6.02. The van der Waals surface area contributed by atoms with Crippen LogP contribution in [-0.4, -0.2) is 35.8 Å². The van der Waals surface area contributed by atoms with Crippen LogP contribution in [0.5, 0.6) is 0 Å². The van der Waals surface area contributed by atoms with Crippen LogP contribution in [0.3, 0.4) is 0 Å². The van der Waals surface area contributed by atoms with E-state index in [-0.39, 0.29) is 17.4 Å². The first-order chi connectivity index (χ1) is 13.5. The molecular formula is C23H29ClN2O2. The number of hydrogen-bond donors (Lipinski definition) is 1. The Kier molecular flexibility index (Phi) is 4.65. The van der Waals surface area contributed by atoms with E-state index < -0.39 is 0 Å². The highest BCUT2D eigenvalue weighted by atomic mass is 35.5. The summed E-state index contributed by atoms with van der Waals surface area (Å²) in [5.74, 6) is 2.71. The van der Waals surface area contributed by atoms with Gasteiger partial charge in [-0.15, -0.1) is 0 Å². The van der Waals surface area contributed by atoms with Crippen molar-refractivity contribution in [2.75, 3.05) is 13.1 Å². The number of nitrogens with one attached hydrogen (secondary N) is 1. The van der Waals surface area contributed by atoms with Crippen molar-refractivity contribution < 1.29 is 9.59 Å². The van der Waals surface area contributed by atoms with Crippen molar-refractivity contribution in [3.8, 4) is 0 Å². The topological polar surface area (TPSA) is 49.4 Å². The second-order valence-corrected chi connectivity index (χ2v) is 10.2. The van der Waals surface area contributed by atoms with Gasteiger partial charge in [-0.3, -0.25) is 9.59 Å². The molecule has 1 aromatic carbocycles. The zero-order chi connectivity index (χ0) is 19.3. The molecule has 6 rings (SSSR count).